The van der Waals surface area contributed by atoms with Gasteiger partial charge in [-0.15, -0.1) is 11.6 Å². The summed E-state index contributed by atoms with van der Waals surface area (Å²) in [6, 6.07) is 1.64. The number of hydrogen-bond acceptors (Lipinski definition) is 2. The first kappa shape index (κ1) is 10.1. The number of alkyl halides is 1. The maximum Gasteiger partial charge on any atom is 0.271 e. The molecule has 0 saturated carbocycles. The van der Waals surface area contributed by atoms with Crippen molar-refractivity contribution in [2.24, 2.45) is 0 Å². The minimum absolute atomic E-state index is 0.0446. The Hall–Kier alpha value is -1.03. The largest absolute Gasteiger partial charge is 0.339 e. The normalized spacial score (nSPS) is 12.5. The molecule has 1 amide bonds. The molecule has 1 heterocycles. The van der Waals surface area contributed by atoms with Gasteiger partial charge < -0.3 is 4.90 Å². The van der Waals surface area contributed by atoms with E-state index in [-0.39, 0.29) is 11.3 Å². The SMILES string of the molecule is CC(Cl)CN(C)C(=O)c1ccn[nH]1. The van der Waals surface area contributed by atoms with E-state index in [0.717, 1.165) is 0 Å². The van der Waals surface area contributed by atoms with Gasteiger partial charge in [0.1, 0.15) is 5.69 Å². The highest BCUT2D eigenvalue weighted by atomic mass is 35.5. The fourth-order valence-corrected chi connectivity index (χ4v) is 1.25. The number of carbonyl (C=O) groups excluding carboxylic acids is 1. The minimum Gasteiger partial charge on any atom is -0.339 e. The Labute approximate surface area is 81.9 Å². The molecular weight excluding hydrogens is 190 g/mol. The molecule has 5 heteroatoms. The van der Waals surface area contributed by atoms with Gasteiger partial charge in [0, 0.05) is 25.2 Å². The number of rotatable bonds is 3. The third-order valence-electron chi connectivity index (χ3n) is 1.60. The number of amides is 1. The Morgan fingerprint density at radius 3 is 3.00 bits per heavy atom. The van der Waals surface area contributed by atoms with Crippen LogP contribution >= 0.6 is 11.6 Å². The highest BCUT2D eigenvalue weighted by Crippen LogP contribution is 2.02. The zero-order chi connectivity index (χ0) is 9.84. The zero-order valence-electron chi connectivity index (χ0n) is 7.62. The number of nitrogens with zero attached hydrogens (tertiary/aromatic N) is 2. The molecule has 0 aliphatic carbocycles. The third-order valence-corrected chi connectivity index (χ3v) is 1.74. The lowest BCUT2D eigenvalue weighted by atomic mass is 10.3. The van der Waals surface area contributed by atoms with Crippen LogP contribution in [0.15, 0.2) is 12.3 Å². The number of nitrogens with one attached hydrogen (secondary N) is 1. The van der Waals surface area contributed by atoms with Crippen LogP contribution in [0.2, 0.25) is 0 Å². The van der Waals surface area contributed by atoms with Crippen molar-refractivity contribution in [3.8, 4) is 0 Å². The monoisotopic (exact) mass is 201 g/mol. The van der Waals surface area contributed by atoms with Gasteiger partial charge in [0.25, 0.3) is 5.91 Å². The second-order valence-electron chi connectivity index (χ2n) is 2.94. The van der Waals surface area contributed by atoms with Crippen molar-refractivity contribution in [1.29, 1.82) is 0 Å². The van der Waals surface area contributed by atoms with Crippen LogP contribution in [0.5, 0.6) is 0 Å². The highest BCUT2D eigenvalue weighted by Gasteiger charge is 2.13. The van der Waals surface area contributed by atoms with Gasteiger partial charge in [-0.1, -0.05) is 0 Å². The summed E-state index contributed by atoms with van der Waals surface area (Å²) in [5.74, 6) is -0.0926. The van der Waals surface area contributed by atoms with Crippen molar-refractivity contribution in [3.05, 3.63) is 18.0 Å². The molecule has 0 aliphatic heterocycles. The molecule has 0 aromatic carbocycles. The quantitative estimate of drug-likeness (QED) is 0.745. The van der Waals surface area contributed by atoms with Crippen LogP contribution in [-0.4, -0.2) is 40.0 Å². The van der Waals surface area contributed by atoms with Crippen LogP contribution in [0.4, 0.5) is 0 Å². The molecule has 0 saturated heterocycles. The number of aromatic nitrogens is 2. The lowest BCUT2D eigenvalue weighted by Gasteiger charge is -2.16. The topological polar surface area (TPSA) is 49.0 Å². The predicted octanol–water partition coefficient (Wildman–Crippen LogP) is 1.11. The smallest absolute Gasteiger partial charge is 0.271 e. The van der Waals surface area contributed by atoms with E-state index in [4.69, 9.17) is 11.6 Å². The zero-order valence-corrected chi connectivity index (χ0v) is 8.38. The van der Waals surface area contributed by atoms with Crippen LogP contribution in [0.25, 0.3) is 0 Å². The third kappa shape index (κ3) is 2.73. The Morgan fingerprint density at radius 1 is 1.85 bits per heavy atom. The van der Waals surface area contributed by atoms with Crippen molar-refractivity contribution in [2.75, 3.05) is 13.6 Å². The number of H-pyrrole nitrogens is 1. The van der Waals surface area contributed by atoms with E-state index in [0.29, 0.717) is 12.2 Å². The van der Waals surface area contributed by atoms with Gasteiger partial charge in [0.05, 0.1) is 0 Å². The molecule has 4 nitrogen and oxygen atoms in total. The van der Waals surface area contributed by atoms with E-state index in [1.54, 1.807) is 24.2 Å². The van der Waals surface area contributed by atoms with Crippen molar-refractivity contribution in [3.63, 3.8) is 0 Å². The summed E-state index contributed by atoms with van der Waals surface area (Å²) >= 11 is 5.76. The average molecular weight is 202 g/mol. The maximum atomic E-state index is 11.5. The Morgan fingerprint density at radius 2 is 2.54 bits per heavy atom. The van der Waals surface area contributed by atoms with Gasteiger partial charge in [0.15, 0.2) is 0 Å². The summed E-state index contributed by atoms with van der Waals surface area (Å²) in [4.78, 5) is 13.1. The first-order valence-electron chi connectivity index (χ1n) is 4.00. The molecular formula is C8H12ClN3O. The van der Waals surface area contributed by atoms with Gasteiger partial charge in [0.2, 0.25) is 0 Å². The summed E-state index contributed by atoms with van der Waals surface area (Å²) in [6.07, 6.45) is 1.55. The fourth-order valence-electron chi connectivity index (χ4n) is 1.04. The van der Waals surface area contributed by atoms with Gasteiger partial charge in [-0.25, -0.2) is 0 Å². The van der Waals surface area contributed by atoms with Crippen molar-refractivity contribution < 1.29 is 4.79 Å². The molecule has 1 unspecified atom stereocenters. The van der Waals surface area contributed by atoms with E-state index in [9.17, 15) is 4.79 Å². The molecule has 1 rings (SSSR count). The van der Waals surface area contributed by atoms with Crippen LogP contribution in [-0.2, 0) is 0 Å². The van der Waals surface area contributed by atoms with E-state index in [2.05, 4.69) is 10.2 Å². The van der Waals surface area contributed by atoms with Crippen LogP contribution in [0.3, 0.4) is 0 Å². The van der Waals surface area contributed by atoms with Crippen molar-refractivity contribution in [2.45, 2.75) is 12.3 Å². The first-order valence-corrected chi connectivity index (χ1v) is 4.44. The van der Waals surface area contributed by atoms with Crippen LogP contribution < -0.4 is 0 Å². The average Bonchev–Trinajstić information content (AvgIpc) is 2.53. The molecule has 72 valence electrons. The molecule has 1 aromatic rings. The van der Waals surface area contributed by atoms with Crippen molar-refractivity contribution >= 4 is 17.5 Å². The first-order chi connectivity index (χ1) is 6.11. The Kier molecular flexibility index (Phi) is 3.31. The van der Waals surface area contributed by atoms with Crippen LogP contribution in [0.1, 0.15) is 17.4 Å². The molecule has 0 aliphatic rings. The predicted molar refractivity (Wildman–Crippen MR) is 50.9 cm³/mol. The number of aromatic amines is 1. The van der Waals surface area contributed by atoms with E-state index < -0.39 is 0 Å². The number of halogens is 1. The second-order valence-corrected chi connectivity index (χ2v) is 3.68. The maximum absolute atomic E-state index is 11.5. The van der Waals surface area contributed by atoms with Gasteiger partial charge >= 0.3 is 0 Å². The molecule has 0 spiro atoms. The number of hydrogen-bond donors (Lipinski definition) is 1. The van der Waals surface area contributed by atoms with Gasteiger partial charge in [-0.3, -0.25) is 9.89 Å². The Bertz CT molecular complexity index is 271. The number of carbonyl (C=O) groups is 1. The summed E-state index contributed by atoms with van der Waals surface area (Å²) in [6.45, 7) is 2.37. The van der Waals surface area contributed by atoms with Crippen LogP contribution in [0, 0.1) is 0 Å². The summed E-state index contributed by atoms with van der Waals surface area (Å²) in [5.41, 5.74) is 0.486. The molecule has 1 aromatic heterocycles. The standard InChI is InChI=1S/C8H12ClN3O/c1-6(9)5-12(2)8(13)7-3-4-10-11-7/h3-4,6H,5H2,1-2H3,(H,10,11). The molecule has 1 N–H and O–H groups in total. The van der Waals surface area contributed by atoms with Gasteiger partial charge in [-0.05, 0) is 13.0 Å². The minimum atomic E-state index is -0.0926. The summed E-state index contributed by atoms with van der Waals surface area (Å²) < 4.78 is 0. The summed E-state index contributed by atoms with van der Waals surface area (Å²) in [5, 5.41) is 6.26. The second kappa shape index (κ2) is 4.28. The van der Waals surface area contributed by atoms with Crippen molar-refractivity contribution in [1.82, 2.24) is 15.1 Å². The molecule has 0 fully saturated rings. The highest BCUT2D eigenvalue weighted by molar-refractivity contribution is 6.20. The molecule has 0 bridgehead atoms. The van der Waals surface area contributed by atoms with E-state index in [1.807, 2.05) is 6.92 Å². The Balaban J connectivity index is 2.58. The lowest BCUT2D eigenvalue weighted by molar-refractivity contribution is 0.0790. The molecule has 1 atom stereocenters. The van der Waals surface area contributed by atoms with E-state index in [1.165, 1.54) is 0 Å². The summed E-state index contributed by atoms with van der Waals surface area (Å²) in [7, 11) is 1.71. The van der Waals surface area contributed by atoms with E-state index >= 15 is 0 Å². The fraction of sp³-hybridized carbons (Fsp3) is 0.500. The lowest BCUT2D eigenvalue weighted by Crippen LogP contribution is -2.31. The molecule has 13 heavy (non-hydrogen) atoms. The molecule has 0 radical (unpaired) electrons. The van der Waals surface area contributed by atoms with Gasteiger partial charge in [-0.2, -0.15) is 5.10 Å².